The Kier molecular flexibility index (Phi) is 6.77. The van der Waals surface area contributed by atoms with Crippen LogP contribution in [0.1, 0.15) is 50.4 Å². The molecule has 0 aliphatic rings. The fourth-order valence-corrected chi connectivity index (χ4v) is 1.91. The van der Waals surface area contributed by atoms with Gasteiger partial charge in [-0.1, -0.05) is 26.3 Å². The van der Waals surface area contributed by atoms with E-state index in [9.17, 15) is 9.59 Å². The lowest BCUT2D eigenvalue weighted by Crippen LogP contribution is -2.31. The molecule has 0 aliphatic carbocycles. The smallest absolute Gasteiger partial charge is 0.253 e. The van der Waals surface area contributed by atoms with Crippen molar-refractivity contribution in [2.24, 2.45) is 0 Å². The highest BCUT2D eigenvalue weighted by Gasteiger charge is 2.14. The number of anilines is 1. The first kappa shape index (κ1) is 16.2. The summed E-state index contributed by atoms with van der Waals surface area (Å²) in [5.74, 6) is -0.0264. The van der Waals surface area contributed by atoms with E-state index < -0.39 is 0 Å². The zero-order valence-electron chi connectivity index (χ0n) is 12.6. The van der Waals surface area contributed by atoms with Crippen LogP contribution in [0.4, 0.5) is 5.69 Å². The lowest BCUT2D eigenvalue weighted by molar-refractivity contribution is -0.115. The number of hydrogen-bond acceptors (Lipinski definition) is 2. The van der Waals surface area contributed by atoms with Gasteiger partial charge in [0.1, 0.15) is 0 Å². The van der Waals surface area contributed by atoms with Crippen molar-refractivity contribution >= 4 is 17.5 Å². The first-order chi connectivity index (χ1) is 9.62. The summed E-state index contributed by atoms with van der Waals surface area (Å²) in [6.07, 6.45) is 2.50. The molecule has 0 saturated carbocycles. The molecule has 1 N–H and O–H groups in total. The summed E-state index contributed by atoms with van der Waals surface area (Å²) in [7, 11) is 0. The molecule has 4 nitrogen and oxygen atoms in total. The zero-order chi connectivity index (χ0) is 15.0. The number of rotatable bonds is 7. The van der Waals surface area contributed by atoms with Gasteiger partial charge in [0.15, 0.2) is 0 Å². The molecule has 0 aliphatic heterocycles. The number of carbonyl (C=O) groups is 2. The van der Waals surface area contributed by atoms with Crippen molar-refractivity contribution < 1.29 is 9.59 Å². The van der Waals surface area contributed by atoms with Crippen LogP contribution in [0.3, 0.4) is 0 Å². The second-order valence-electron chi connectivity index (χ2n) is 4.72. The molecule has 0 bridgehead atoms. The molecular formula is C16H24N2O2. The Labute approximate surface area is 121 Å². The quantitative estimate of drug-likeness (QED) is 0.830. The van der Waals surface area contributed by atoms with Gasteiger partial charge in [-0.25, -0.2) is 0 Å². The number of benzene rings is 1. The average Bonchev–Trinajstić information content (AvgIpc) is 2.48. The molecule has 110 valence electrons. The number of nitrogens with zero attached hydrogens (tertiary/aromatic N) is 1. The highest BCUT2D eigenvalue weighted by molar-refractivity contribution is 5.97. The summed E-state index contributed by atoms with van der Waals surface area (Å²) in [6.45, 7) is 7.37. The average molecular weight is 276 g/mol. The van der Waals surface area contributed by atoms with Crippen molar-refractivity contribution in [2.45, 2.75) is 40.0 Å². The second-order valence-corrected chi connectivity index (χ2v) is 4.72. The van der Waals surface area contributed by atoms with E-state index in [1.807, 2.05) is 11.8 Å². The van der Waals surface area contributed by atoms with E-state index in [1.165, 1.54) is 0 Å². The summed E-state index contributed by atoms with van der Waals surface area (Å²) in [5, 5.41) is 2.78. The van der Waals surface area contributed by atoms with Gasteiger partial charge in [0.05, 0.1) is 0 Å². The maximum atomic E-state index is 12.4. The van der Waals surface area contributed by atoms with Crippen LogP contribution in [0.15, 0.2) is 24.3 Å². The van der Waals surface area contributed by atoms with Crippen LogP contribution in [-0.2, 0) is 4.79 Å². The first-order valence-corrected chi connectivity index (χ1v) is 7.31. The molecule has 1 rings (SSSR count). The van der Waals surface area contributed by atoms with E-state index in [-0.39, 0.29) is 11.8 Å². The van der Waals surface area contributed by atoms with Gasteiger partial charge in [-0.3, -0.25) is 9.59 Å². The van der Waals surface area contributed by atoms with Gasteiger partial charge >= 0.3 is 0 Å². The van der Waals surface area contributed by atoms with Gasteiger partial charge < -0.3 is 10.2 Å². The molecule has 0 unspecified atom stereocenters. The minimum Gasteiger partial charge on any atom is -0.339 e. The summed E-state index contributed by atoms with van der Waals surface area (Å²) in [5.41, 5.74) is 1.30. The second kappa shape index (κ2) is 8.35. The molecule has 0 spiro atoms. The molecule has 0 atom stereocenters. The summed E-state index contributed by atoms with van der Waals surface area (Å²) >= 11 is 0. The number of unbranched alkanes of at least 4 members (excludes halogenated alkanes) is 1. The molecule has 0 fully saturated rings. The van der Waals surface area contributed by atoms with E-state index in [0.717, 1.165) is 19.4 Å². The van der Waals surface area contributed by atoms with Gasteiger partial charge in [0.25, 0.3) is 5.91 Å². The first-order valence-electron chi connectivity index (χ1n) is 7.31. The van der Waals surface area contributed by atoms with Crippen molar-refractivity contribution in [3.63, 3.8) is 0 Å². The predicted octanol–water partition coefficient (Wildman–Crippen LogP) is 3.30. The topological polar surface area (TPSA) is 49.4 Å². The lowest BCUT2D eigenvalue weighted by Gasteiger charge is -2.21. The van der Waals surface area contributed by atoms with Crippen LogP contribution in [-0.4, -0.2) is 29.8 Å². The van der Waals surface area contributed by atoms with E-state index in [2.05, 4.69) is 12.2 Å². The fraction of sp³-hybridized carbons (Fsp3) is 0.500. The number of amides is 2. The van der Waals surface area contributed by atoms with E-state index in [1.54, 1.807) is 31.2 Å². The largest absolute Gasteiger partial charge is 0.339 e. The number of hydrogen-bond donors (Lipinski definition) is 1. The van der Waals surface area contributed by atoms with Gasteiger partial charge in [0, 0.05) is 30.8 Å². The van der Waals surface area contributed by atoms with Crippen molar-refractivity contribution in [1.29, 1.82) is 0 Å². The fourth-order valence-electron chi connectivity index (χ4n) is 1.91. The van der Waals surface area contributed by atoms with Crippen LogP contribution in [0, 0.1) is 0 Å². The van der Waals surface area contributed by atoms with Gasteiger partial charge in [-0.05, 0) is 31.5 Å². The van der Waals surface area contributed by atoms with E-state index in [4.69, 9.17) is 0 Å². The highest BCUT2D eigenvalue weighted by Crippen LogP contribution is 2.13. The van der Waals surface area contributed by atoms with Crippen molar-refractivity contribution in [3.8, 4) is 0 Å². The van der Waals surface area contributed by atoms with Gasteiger partial charge in [-0.2, -0.15) is 0 Å². The Morgan fingerprint density at radius 2 is 1.95 bits per heavy atom. The molecule has 0 saturated heterocycles. The van der Waals surface area contributed by atoms with Crippen molar-refractivity contribution in [3.05, 3.63) is 29.8 Å². The molecule has 1 aromatic carbocycles. The predicted molar refractivity (Wildman–Crippen MR) is 81.8 cm³/mol. The molecule has 0 aromatic heterocycles. The molecular weight excluding hydrogens is 252 g/mol. The maximum Gasteiger partial charge on any atom is 0.253 e. The number of nitrogens with one attached hydrogen (secondary N) is 1. The molecule has 4 heteroatoms. The summed E-state index contributed by atoms with van der Waals surface area (Å²) < 4.78 is 0. The zero-order valence-corrected chi connectivity index (χ0v) is 12.6. The minimum atomic E-state index is -0.0482. The van der Waals surface area contributed by atoms with E-state index >= 15 is 0 Å². The Balaban J connectivity index is 2.81. The third kappa shape index (κ3) is 4.68. The minimum absolute atomic E-state index is 0.0218. The summed E-state index contributed by atoms with van der Waals surface area (Å²) in [6, 6.07) is 7.13. The molecule has 1 aromatic rings. The van der Waals surface area contributed by atoms with Crippen LogP contribution >= 0.6 is 0 Å². The van der Waals surface area contributed by atoms with Crippen LogP contribution in [0.2, 0.25) is 0 Å². The van der Waals surface area contributed by atoms with Gasteiger partial charge in [-0.15, -0.1) is 0 Å². The van der Waals surface area contributed by atoms with E-state index in [0.29, 0.717) is 24.2 Å². The van der Waals surface area contributed by atoms with Crippen molar-refractivity contribution in [2.75, 3.05) is 18.4 Å². The monoisotopic (exact) mass is 276 g/mol. The van der Waals surface area contributed by atoms with Gasteiger partial charge in [0.2, 0.25) is 5.91 Å². The molecule has 2 amide bonds. The maximum absolute atomic E-state index is 12.4. The SMILES string of the molecule is CCCCN(CC)C(=O)c1cccc(NC(=O)CC)c1. The normalized spacial score (nSPS) is 10.2. The molecule has 0 heterocycles. The van der Waals surface area contributed by atoms with Crippen molar-refractivity contribution in [1.82, 2.24) is 4.90 Å². The number of carbonyl (C=O) groups excluding carboxylic acids is 2. The summed E-state index contributed by atoms with van der Waals surface area (Å²) in [4.78, 5) is 25.6. The Morgan fingerprint density at radius 1 is 1.20 bits per heavy atom. The highest BCUT2D eigenvalue weighted by atomic mass is 16.2. The molecule has 0 radical (unpaired) electrons. The third-order valence-electron chi connectivity index (χ3n) is 3.16. The standard InChI is InChI=1S/C16H24N2O2/c1-4-7-11-18(6-3)16(20)13-9-8-10-14(12-13)17-15(19)5-2/h8-10,12H,4-7,11H2,1-3H3,(H,17,19). The Bertz CT molecular complexity index is 458. The Morgan fingerprint density at radius 3 is 2.55 bits per heavy atom. The molecule has 20 heavy (non-hydrogen) atoms. The van der Waals surface area contributed by atoms with Crippen LogP contribution < -0.4 is 5.32 Å². The Hall–Kier alpha value is -1.84. The third-order valence-corrected chi connectivity index (χ3v) is 3.16. The van der Waals surface area contributed by atoms with Crippen LogP contribution in [0.5, 0.6) is 0 Å². The van der Waals surface area contributed by atoms with Crippen LogP contribution in [0.25, 0.3) is 0 Å². The lowest BCUT2D eigenvalue weighted by atomic mass is 10.1.